The largest absolute Gasteiger partial charge is 0.756 e. The fraction of sp³-hybridized carbons (Fsp3) is 0.684. The molecule has 0 aliphatic heterocycles. The number of quaternary nitrogens is 1. The lowest BCUT2D eigenvalue weighted by Gasteiger charge is -2.28. The van der Waals surface area contributed by atoms with E-state index in [0.717, 1.165) is 109 Å². The number of carbonyl (C=O) groups excluding carboxylic acids is 2. The molecule has 0 saturated heterocycles. The molecule has 2 atom stereocenters. The van der Waals surface area contributed by atoms with Gasteiger partial charge in [-0.05, 0) is 96.3 Å². The fourth-order valence-corrected chi connectivity index (χ4v) is 7.48. The summed E-state index contributed by atoms with van der Waals surface area (Å²) >= 11 is 0. The molecule has 0 amide bonds. The van der Waals surface area contributed by atoms with Crippen LogP contribution in [-0.2, 0) is 32.7 Å². The van der Waals surface area contributed by atoms with Crippen molar-refractivity contribution in [1.82, 2.24) is 0 Å². The molecule has 0 rings (SSSR count). The number of ether oxygens (including phenoxy) is 2. The summed E-state index contributed by atoms with van der Waals surface area (Å²) in [7, 11) is 1.13. The number of rotatable bonds is 47. The van der Waals surface area contributed by atoms with Crippen molar-refractivity contribution in [2.75, 3.05) is 47.5 Å². The van der Waals surface area contributed by atoms with E-state index in [1.165, 1.54) is 51.4 Å². The molecule has 0 N–H and O–H groups in total. The Morgan fingerprint density at radius 3 is 1.28 bits per heavy atom. The topological polar surface area (TPSA) is 111 Å². The smallest absolute Gasteiger partial charge is 0.306 e. The molecule has 9 nitrogen and oxygen atoms in total. The maximum atomic E-state index is 12.8. The first-order chi connectivity index (χ1) is 32.5. The minimum atomic E-state index is -4.65. The Hall–Kier alpha value is -3.07. The second kappa shape index (κ2) is 48.0. The van der Waals surface area contributed by atoms with Crippen LogP contribution in [0.4, 0.5) is 0 Å². The highest BCUT2D eigenvalue weighted by Crippen LogP contribution is 2.38. The molecule has 0 radical (unpaired) electrons. The molecule has 0 spiro atoms. The minimum absolute atomic E-state index is 0.0413. The number of phosphoric ester groups is 1. The van der Waals surface area contributed by atoms with Crippen LogP contribution in [-0.4, -0.2) is 70.0 Å². The maximum absolute atomic E-state index is 12.8. The van der Waals surface area contributed by atoms with Crippen molar-refractivity contribution < 1.29 is 42.1 Å². The van der Waals surface area contributed by atoms with E-state index in [1.54, 1.807) is 0 Å². The van der Waals surface area contributed by atoms with Gasteiger partial charge in [-0.2, -0.15) is 0 Å². The normalized spacial score (nSPS) is 14.2. The molecule has 0 heterocycles. The number of hydrogen-bond acceptors (Lipinski definition) is 8. The third kappa shape index (κ3) is 52.2. The molecule has 0 aromatic rings. The van der Waals surface area contributed by atoms with E-state index in [4.69, 9.17) is 18.5 Å². The lowest BCUT2D eigenvalue weighted by atomic mass is 10.1. The maximum Gasteiger partial charge on any atom is 0.306 e. The van der Waals surface area contributed by atoms with E-state index in [1.807, 2.05) is 21.1 Å². The second-order valence-electron chi connectivity index (χ2n) is 18.5. The fourth-order valence-electron chi connectivity index (χ4n) is 6.75. The highest BCUT2D eigenvalue weighted by atomic mass is 31.2. The summed E-state index contributed by atoms with van der Waals surface area (Å²) in [6.45, 7) is 4.07. The summed E-state index contributed by atoms with van der Waals surface area (Å²) < 4.78 is 34.0. The van der Waals surface area contributed by atoms with Crippen LogP contribution in [0.2, 0.25) is 0 Å². The van der Waals surface area contributed by atoms with Gasteiger partial charge in [0.25, 0.3) is 7.82 Å². The van der Waals surface area contributed by atoms with Crippen LogP contribution in [0.1, 0.15) is 200 Å². The summed E-state index contributed by atoms with van der Waals surface area (Å²) in [5.41, 5.74) is 0. The quantitative estimate of drug-likeness (QED) is 0.0195. The monoisotopic (exact) mass is 956 g/mol. The van der Waals surface area contributed by atoms with Gasteiger partial charge in [-0.25, -0.2) is 0 Å². The van der Waals surface area contributed by atoms with Gasteiger partial charge in [0, 0.05) is 12.8 Å². The SMILES string of the molecule is CC/C=C\C/C=C\C/C=C\C/C=C\C/C=C\C/C=C\C/C=C\CCCCCCCC(=O)OC(COC(=O)CCCCCCC/C=C\CCCCCCCCC)COP(=O)([O-])OCC[N+](C)(C)C. The van der Waals surface area contributed by atoms with Crippen molar-refractivity contribution >= 4 is 19.8 Å². The number of carbonyl (C=O) groups is 2. The Balaban J connectivity index is 4.31. The van der Waals surface area contributed by atoms with Gasteiger partial charge in [0.15, 0.2) is 6.10 Å². The zero-order valence-electron chi connectivity index (χ0n) is 43.3. The van der Waals surface area contributed by atoms with Gasteiger partial charge in [0.2, 0.25) is 0 Å². The number of esters is 2. The van der Waals surface area contributed by atoms with E-state index in [2.05, 4.69) is 111 Å². The van der Waals surface area contributed by atoms with Gasteiger partial charge < -0.3 is 27.9 Å². The number of nitrogens with zero attached hydrogens (tertiary/aromatic N) is 1. The molecule has 67 heavy (non-hydrogen) atoms. The molecule has 10 heteroatoms. The molecule has 2 unspecified atom stereocenters. The lowest BCUT2D eigenvalue weighted by molar-refractivity contribution is -0.870. The van der Waals surface area contributed by atoms with Gasteiger partial charge in [-0.15, -0.1) is 0 Å². The molecule has 0 saturated carbocycles. The Morgan fingerprint density at radius 2 is 0.851 bits per heavy atom. The molecular formula is C57H98NO8P. The Kier molecular flexibility index (Phi) is 45.8. The highest BCUT2D eigenvalue weighted by molar-refractivity contribution is 7.45. The lowest BCUT2D eigenvalue weighted by Crippen LogP contribution is -2.37. The molecular weight excluding hydrogens is 858 g/mol. The predicted octanol–water partition coefficient (Wildman–Crippen LogP) is 15.5. The summed E-state index contributed by atoms with van der Waals surface area (Å²) in [6, 6.07) is 0. The van der Waals surface area contributed by atoms with Gasteiger partial charge in [-0.1, -0.05) is 188 Å². The van der Waals surface area contributed by atoms with Crippen LogP contribution in [0.25, 0.3) is 0 Å². The van der Waals surface area contributed by atoms with Crippen LogP contribution in [0, 0.1) is 0 Å². The van der Waals surface area contributed by atoms with Crippen LogP contribution in [0.15, 0.2) is 97.2 Å². The van der Waals surface area contributed by atoms with Gasteiger partial charge in [0.05, 0.1) is 27.7 Å². The summed E-state index contributed by atoms with van der Waals surface area (Å²) in [5, 5.41) is 0. The standard InChI is InChI=1S/C57H98NO8P/c1-6-8-10-12-14-16-18-20-22-24-25-26-27-28-29-30-31-32-33-34-36-38-40-42-44-46-48-50-57(60)66-55(54-65-67(61,62)64-52-51-58(3,4)5)53-63-56(59)49-47-45-43-41-39-37-35-23-21-19-17-15-13-11-9-7-2/h8,10,14,16,20,22-23,25-26,28-29,31-32,34-36,55H,6-7,9,11-13,15,17-19,21,24,27,30,33,37-54H2,1-5H3/b10-8-,16-14-,22-20-,26-25-,29-28-,32-31-,35-23-,36-34-. The van der Waals surface area contributed by atoms with Crippen molar-refractivity contribution in [3.63, 3.8) is 0 Å². The Morgan fingerprint density at radius 1 is 0.478 bits per heavy atom. The van der Waals surface area contributed by atoms with Crippen molar-refractivity contribution in [2.24, 2.45) is 0 Å². The van der Waals surface area contributed by atoms with E-state index < -0.39 is 32.5 Å². The summed E-state index contributed by atoms with van der Waals surface area (Å²) in [6.07, 6.45) is 64.4. The molecule has 0 aromatic carbocycles. The van der Waals surface area contributed by atoms with Gasteiger partial charge in [-0.3, -0.25) is 14.2 Å². The first-order valence-electron chi connectivity index (χ1n) is 26.4. The highest BCUT2D eigenvalue weighted by Gasteiger charge is 2.21. The Bertz CT molecular complexity index is 1450. The van der Waals surface area contributed by atoms with E-state index in [-0.39, 0.29) is 26.1 Å². The third-order valence-corrected chi connectivity index (χ3v) is 11.8. The molecule has 0 aliphatic rings. The van der Waals surface area contributed by atoms with Gasteiger partial charge in [0.1, 0.15) is 19.8 Å². The van der Waals surface area contributed by atoms with Crippen LogP contribution in [0.3, 0.4) is 0 Å². The van der Waals surface area contributed by atoms with E-state index >= 15 is 0 Å². The molecule has 0 bridgehead atoms. The molecule has 0 aliphatic carbocycles. The number of hydrogen-bond donors (Lipinski definition) is 0. The molecule has 0 fully saturated rings. The first-order valence-corrected chi connectivity index (χ1v) is 27.9. The van der Waals surface area contributed by atoms with Crippen LogP contribution < -0.4 is 4.89 Å². The minimum Gasteiger partial charge on any atom is -0.756 e. The summed E-state index contributed by atoms with van der Waals surface area (Å²) in [4.78, 5) is 37.7. The number of allylic oxidation sites excluding steroid dienone is 16. The van der Waals surface area contributed by atoms with Crippen molar-refractivity contribution in [3.8, 4) is 0 Å². The first kappa shape index (κ1) is 63.9. The second-order valence-corrected chi connectivity index (χ2v) is 19.9. The third-order valence-electron chi connectivity index (χ3n) is 10.8. The zero-order valence-corrected chi connectivity index (χ0v) is 44.2. The van der Waals surface area contributed by atoms with E-state index in [0.29, 0.717) is 23.9 Å². The van der Waals surface area contributed by atoms with Crippen molar-refractivity contribution in [2.45, 2.75) is 206 Å². The average Bonchev–Trinajstić information content (AvgIpc) is 3.29. The van der Waals surface area contributed by atoms with Crippen LogP contribution in [0.5, 0.6) is 0 Å². The average molecular weight is 956 g/mol. The molecule has 384 valence electrons. The number of phosphoric acid groups is 1. The zero-order chi connectivity index (χ0) is 49.2. The number of unbranched alkanes of at least 4 members (excludes halogenated alkanes) is 17. The van der Waals surface area contributed by atoms with Crippen molar-refractivity contribution in [3.05, 3.63) is 97.2 Å². The molecule has 0 aromatic heterocycles. The predicted molar refractivity (Wildman–Crippen MR) is 282 cm³/mol. The Labute approximate surface area is 411 Å². The van der Waals surface area contributed by atoms with Crippen molar-refractivity contribution in [1.29, 1.82) is 0 Å². The number of likely N-dealkylation sites (N-methyl/N-ethyl adjacent to an activating group) is 1. The van der Waals surface area contributed by atoms with E-state index in [9.17, 15) is 19.0 Å². The summed E-state index contributed by atoms with van der Waals surface area (Å²) in [5.74, 6) is -0.872. The van der Waals surface area contributed by atoms with Crippen LogP contribution >= 0.6 is 7.82 Å². The van der Waals surface area contributed by atoms with Gasteiger partial charge >= 0.3 is 11.9 Å².